The number of nitro groups is 1. The van der Waals surface area contributed by atoms with Crippen LogP contribution in [-0.2, 0) is 11.2 Å². The largest absolute Gasteiger partial charge is 0.497 e. The number of thioether (sulfide) groups is 1. The number of amides is 1. The van der Waals surface area contributed by atoms with Gasteiger partial charge in [-0.25, -0.2) is 0 Å². The van der Waals surface area contributed by atoms with Crippen molar-refractivity contribution in [3.63, 3.8) is 0 Å². The van der Waals surface area contributed by atoms with Crippen molar-refractivity contribution in [2.75, 3.05) is 19.4 Å². The summed E-state index contributed by atoms with van der Waals surface area (Å²) in [6.07, 6.45) is 1.25. The fourth-order valence-corrected chi connectivity index (χ4v) is 3.92. The number of benzene rings is 2. The Hall–Kier alpha value is -3.73. The number of carbonyl (C=O) groups excluding carboxylic acids is 2. The molecule has 3 aromatic rings. The summed E-state index contributed by atoms with van der Waals surface area (Å²) >= 11 is 1.23. The Labute approximate surface area is 194 Å². The molecule has 1 amide bonds. The van der Waals surface area contributed by atoms with E-state index in [9.17, 15) is 19.7 Å². The van der Waals surface area contributed by atoms with Crippen molar-refractivity contribution in [3.8, 4) is 11.4 Å². The first-order chi connectivity index (χ1) is 15.9. The monoisotopic (exact) mass is 469 g/mol. The second-order valence-electron chi connectivity index (χ2n) is 7.04. The summed E-state index contributed by atoms with van der Waals surface area (Å²) in [5, 5.41) is 22.7. The van der Waals surface area contributed by atoms with Crippen LogP contribution in [0.1, 0.15) is 29.5 Å². The molecule has 0 saturated heterocycles. The number of hydrogen-bond donors (Lipinski definition) is 1. The lowest BCUT2D eigenvalue weighted by Crippen LogP contribution is -2.21. The average Bonchev–Trinajstić information content (AvgIpc) is 3.23. The van der Waals surface area contributed by atoms with Crippen LogP contribution in [0.25, 0.3) is 5.69 Å². The van der Waals surface area contributed by atoms with E-state index in [0.717, 1.165) is 5.69 Å². The van der Waals surface area contributed by atoms with Gasteiger partial charge < -0.3 is 10.1 Å². The Balaban J connectivity index is 1.79. The summed E-state index contributed by atoms with van der Waals surface area (Å²) < 4.78 is 7.19. The smallest absolute Gasteiger partial charge is 0.269 e. The molecule has 0 unspecified atom stereocenters. The van der Waals surface area contributed by atoms with Crippen LogP contribution in [0.4, 0.5) is 5.69 Å². The van der Waals surface area contributed by atoms with Crippen molar-refractivity contribution < 1.29 is 19.2 Å². The maximum absolute atomic E-state index is 12.6. The summed E-state index contributed by atoms with van der Waals surface area (Å²) in [5.41, 5.74) is 1.11. The molecule has 1 N–H and O–H groups in total. The van der Waals surface area contributed by atoms with E-state index in [1.54, 1.807) is 7.11 Å². The van der Waals surface area contributed by atoms with Gasteiger partial charge in [-0.05, 0) is 30.7 Å². The lowest BCUT2D eigenvalue weighted by Gasteiger charge is -2.11. The first-order valence-electron chi connectivity index (χ1n) is 10.1. The molecule has 1 heterocycles. The average molecular weight is 470 g/mol. The van der Waals surface area contributed by atoms with Crippen molar-refractivity contribution in [2.24, 2.45) is 0 Å². The number of ketones is 1. The number of hydrogen-bond acceptors (Lipinski definition) is 8. The summed E-state index contributed by atoms with van der Waals surface area (Å²) in [6, 6.07) is 12.9. The summed E-state index contributed by atoms with van der Waals surface area (Å²) in [4.78, 5) is 34.0. The number of ether oxygens (including phenoxy) is 1. The summed E-state index contributed by atoms with van der Waals surface area (Å²) in [5.74, 6) is 1.18. The molecule has 0 spiro atoms. The first kappa shape index (κ1) is 23.9. The number of methoxy groups -OCH3 is 1. The third kappa shape index (κ3) is 6.39. The van der Waals surface area contributed by atoms with Crippen LogP contribution < -0.4 is 10.1 Å². The molecular weight excluding hydrogens is 446 g/mol. The first-order valence-corrected chi connectivity index (χ1v) is 11.1. The van der Waals surface area contributed by atoms with Gasteiger partial charge in [0.15, 0.2) is 10.9 Å². The minimum atomic E-state index is -0.507. The zero-order chi connectivity index (χ0) is 23.8. The molecule has 0 fully saturated rings. The molecule has 33 heavy (non-hydrogen) atoms. The molecule has 0 bridgehead atoms. The van der Waals surface area contributed by atoms with Crippen molar-refractivity contribution in [1.29, 1.82) is 0 Å². The zero-order valence-corrected chi connectivity index (χ0v) is 19.0. The van der Waals surface area contributed by atoms with Gasteiger partial charge in [-0.15, -0.1) is 10.2 Å². The Morgan fingerprint density at radius 2 is 1.94 bits per heavy atom. The van der Waals surface area contributed by atoms with Crippen LogP contribution in [0.15, 0.2) is 53.7 Å². The van der Waals surface area contributed by atoms with Crippen LogP contribution >= 0.6 is 11.8 Å². The maximum Gasteiger partial charge on any atom is 0.269 e. The number of nitro benzene ring substituents is 1. The van der Waals surface area contributed by atoms with E-state index in [2.05, 4.69) is 15.5 Å². The van der Waals surface area contributed by atoms with Gasteiger partial charge in [0.2, 0.25) is 5.91 Å². The predicted octanol–water partition coefficient (Wildman–Crippen LogP) is 3.23. The topological polar surface area (TPSA) is 129 Å². The summed E-state index contributed by atoms with van der Waals surface area (Å²) in [7, 11) is 1.58. The van der Waals surface area contributed by atoms with Crippen LogP contribution in [-0.4, -0.2) is 50.8 Å². The Morgan fingerprint density at radius 3 is 2.61 bits per heavy atom. The molecule has 0 radical (unpaired) electrons. The molecule has 1 aromatic heterocycles. The number of nitrogens with zero attached hydrogens (tertiary/aromatic N) is 4. The van der Waals surface area contributed by atoms with Gasteiger partial charge >= 0.3 is 0 Å². The van der Waals surface area contributed by atoms with E-state index in [4.69, 9.17) is 4.74 Å². The number of rotatable bonds is 11. The van der Waals surface area contributed by atoms with Gasteiger partial charge in [-0.1, -0.05) is 17.8 Å². The Kier molecular flexibility index (Phi) is 8.14. The van der Waals surface area contributed by atoms with E-state index in [1.165, 1.54) is 43.0 Å². The van der Waals surface area contributed by atoms with Crippen molar-refractivity contribution in [3.05, 3.63) is 70.0 Å². The van der Waals surface area contributed by atoms with E-state index in [1.807, 2.05) is 28.8 Å². The predicted molar refractivity (Wildman–Crippen MR) is 123 cm³/mol. The number of nitrogens with one attached hydrogen (secondary N) is 1. The highest BCUT2D eigenvalue weighted by molar-refractivity contribution is 7.99. The molecule has 0 saturated carbocycles. The van der Waals surface area contributed by atoms with E-state index >= 15 is 0 Å². The summed E-state index contributed by atoms with van der Waals surface area (Å²) in [6.45, 7) is 1.98. The molecule has 0 aliphatic rings. The standard InChI is InChI=1S/C22H23N5O5S/c1-15(28)23-12-4-7-21-24-25-22(26(21)18-5-3-6-19(13-18)32-2)33-14-20(29)16-8-10-17(11-9-16)27(30)31/h3,5-6,8-11,13H,4,7,12,14H2,1-2H3,(H,23,28). The lowest BCUT2D eigenvalue weighted by atomic mass is 10.1. The molecule has 0 aliphatic carbocycles. The third-order valence-corrected chi connectivity index (χ3v) is 5.62. The number of aryl methyl sites for hydroxylation is 1. The minimum absolute atomic E-state index is 0.0686. The van der Waals surface area contributed by atoms with E-state index < -0.39 is 4.92 Å². The Bertz CT molecular complexity index is 1150. The van der Waals surface area contributed by atoms with Crippen molar-refractivity contribution in [1.82, 2.24) is 20.1 Å². The number of carbonyl (C=O) groups is 2. The van der Waals surface area contributed by atoms with Gasteiger partial charge in [0.1, 0.15) is 11.6 Å². The van der Waals surface area contributed by atoms with Gasteiger partial charge in [0, 0.05) is 43.7 Å². The number of aromatic nitrogens is 3. The van der Waals surface area contributed by atoms with Crippen molar-refractivity contribution >= 4 is 29.1 Å². The number of Topliss-reactive ketones (excluding diaryl/α,β-unsaturated/α-hetero) is 1. The van der Waals surface area contributed by atoms with Gasteiger partial charge in [0.25, 0.3) is 5.69 Å². The maximum atomic E-state index is 12.6. The van der Waals surface area contributed by atoms with Gasteiger partial charge in [-0.2, -0.15) is 0 Å². The quantitative estimate of drug-likeness (QED) is 0.149. The molecule has 0 aliphatic heterocycles. The van der Waals surface area contributed by atoms with Crippen LogP contribution in [0.3, 0.4) is 0 Å². The van der Waals surface area contributed by atoms with Crippen LogP contribution in [0.5, 0.6) is 5.75 Å². The van der Waals surface area contributed by atoms with Gasteiger partial charge in [0.05, 0.1) is 23.5 Å². The molecule has 172 valence electrons. The molecule has 2 aromatic carbocycles. The van der Waals surface area contributed by atoms with E-state index in [-0.39, 0.29) is 23.1 Å². The number of non-ortho nitro benzene ring substituents is 1. The second kappa shape index (κ2) is 11.2. The van der Waals surface area contributed by atoms with Crippen molar-refractivity contribution in [2.45, 2.75) is 24.9 Å². The zero-order valence-electron chi connectivity index (χ0n) is 18.2. The fraction of sp³-hybridized carbons (Fsp3) is 0.273. The highest BCUT2D eigenvalue weighted by Gasteiger charge is 2.17. The SMILES string of the molecule is COc1cccc(-n2c(CCCNC(C)=O)nnc2SCC(=O)c2ccc([N+](=O)[O-])cc2)c1. The van der Waals surface area contributed by atoms with Crippen LogP contribution in [0, 0.1) is 10.1 Å². The third-order valence-electron chi connectivity index (χ3n) is 4.70. The second-order valence-corrected chi connectivity index (χ2v) is 7.98. The molecule has 10 nitrogen and oxygen atoms in total. The molecular formula is C22H23N5O5S. The fourth-order valence-electron chi connectivity index (χ4n) is 3.06. The van der Waals surface area contributed by atoms with E-state index in [0.29, 0.717) is 41.7 Å². The van der Waals surface area contributed by atoms with Gasteiger partial charge in [-0.3, -0.25) is 24.3 Å². The molecule has 11 heteroatoms. The van der Waals surface area contributed by atoms with Crippen LogP contribution in [0.2, 0.25) is 0 Å². The molecule has 3 rings (SSSR count). The normalized spacial score (nSPS) is 10.6. The highest BCUT2D eigenvalue weighted by Crippen LogP contribution is 2.26. The minimum Gasteiger partial charge on any atom is -0.497 e. The highest BCUT2D eigenvalue weighted by atomic mass is 32.2. The molecule has 0 atom stereocenters. The lowest BCUT2D eigenvalue weighted by molar-refractivity contribution is -0.384. The Morgan fingerprint density at radius 1 is 1.18 bits per heavy atom.